The summed E-state index contributed by atoms with van der Waals surface area (Å²) in [4.78, 5) is 37.0. The number of nitrogen functional groups attached to an aromatic ring is 1. The SMILES string of the molecule is CO[C@@H]1[C@H](O)[C@@H](CO)O[C@H]1n1cnc2c(N)ncnc21.Cc1cn([C@@H]2O[C@H](CO)[C@@H](O)[C@H]2O)c(=O)[nH]c1=O. The molecule has 0 bridgehead atoms. The maximum Gasteiger partial charge on any atom is 0.330 e. The van der Waals surface area contributed by atoms with Crippen molar-refractivity contribution in [2.24, 2.45) is 0 Å². The lowest BCUT2D eigenvalue weighted by atomic mass is 10.1. The Kier molecular flexibility index (Phi) is 8.19. The van der Waals surface area contributed by atoms with Gasteiger partial charge in [0, 0.05) is 18.9 Å². The van der Waals surface area contributed by atoms with Gasteiger partial charge in [-0.15, -0.1) is 0 Å². The highest BCUT2D eigenvalue weighted by Crippen LogP contribution is 2.33. The molecular weight excluding hydrogens is 510 g/mol. The van der Waals surface area contributed by atoms with E-state index in [1.165, 1.54) is 32.9 Å². The van der Waals surface area contributed by atoms with E-state index < -0.39 is 66.9 Å². The van der Waals surface area contributed by atoms with Crippen molar-refractivity contribution >= 4 is 17.0 Å². The molecule has 2 fully saturated rings. The number of aromatic nitrogens is 6. The van der Waals surface area contributed by atoms with Crippen molar-refractivity contribution in [2.45, 2.75) is 56.0 Å². The Morgan fingerprint density at radius 1 is 1.00 bits per heavy atom. The average Bonchev–Trinajstić information content (AvgIpc) is 3.56. The fourth-order valence-corrected chi connectivity index (χ4v) is 4.29. The molecule has 0 radical (unpaired) electrons. The second-order valence-corrected chi connectivity index (χ2v) is 8.73. The van der Waals surface area contributed by atoms with Crippen LogP contribution in [-0.2, 0) is 14.2 Å². The summed E-state index contributed by atoms with van der Waals surface area (Å²) >= 11 is 0. The highest BCUT2D eigenvalue weighted by atomic mass is 16.6. The van der Waals surface area contributed by atoms with Crippen molar-refractivity contribution < 1.29 is 39.7 Å². The Morgan fingerprint density at radius 3 is 2.29 bits per heavy atom. The molecular formula is C21H29N7O10. The van der Waals surface area contributed by atoms with Crippen molar-refractivity contribution in [3.63, 3.8) is 0 Å². The topological polar surface area (TPSA) is 253 Å². The Bertz CT molecular complexity index is 1380. The minimum absolute atomic E-state index is 0.264. The summed E-state index contributed by atoms with van der Waals surface area (Å²) in [7, 11) is 1.46. The van der Waals surface area contributed by atoms with Gasteiger partial charge < -0.3 is 45.5 Å². The van der Waals surface area contributed by atoms with Gasteiger partial charge in [-0.3, -0.25) is 18.9 Å². The molecule has 38 heavy (non-hydrogen) atoms. The monoisotopic (exact) mass is 539 g/mol. The predicted octanol–water partition coefficient (Wildman–Crippen LogP) is -3.87. The maximum absolute atomic E-state index is 11.6. The first-order chi connectivity index (χ1) is 18.1. The first-order valence-electron chi connectivity index (χ1n) is 11.5. The molecule has 0 amide bonds. The van der Waals surface area contributed by atoms with Crippen molar-refractivity contribution in [2.75, 3.05) is 26.1 Å². The molecule has 2 aliphatic rings. The van der Waals surface area contributed by atoms with Crippen molar-refractivity contribution in [1.29, 1.82) is 0 Å². The average molecular weight is 540 g/mol. The van der Waals surface area contributed by atoms with E-state index in [9.17, 15) is 30.0 Å². The quantitative estimate of drug-likeness (QED) is 0.164. The molecule has 3 aromatic rings. The standard InChI is InChI=1S/C11H15N5O4.C10H14N2O6/c1-19-8-7(18)5(2-17)20-11(8)16-4-15-6-9(12)13-3-14-10(6)16;1-4-2-12(10(17)11-8(4)16)9-7(15)6(14)5(3-13)18-9/h3-5,7-8,11,17-18H,2H2,1H3,(H2,12,13,14);2,5-7,9,13-15H,3H2,1H3,(H,11,16,17)/t5-,7-,8-,11-;5-,6-,7-,9-/m11/s1. The minimum Gasteiger partial charge on any atom is -0.394 e. The summed E-state index contributed by atoms with van der Waals surface area (Å²) < 4.78 is 18.7. The van der Waals surface area contributed by atoms with Crippen LogP contribution in [0.15, 0.2) is 28.4 Å². The Hall–Kier alpha value is -3.29. The zero-order chi connectivity index (χ0) is 27.7. The Balaban J connectivity index is 0.000000178. The number of anilines is 1. The number of H-pyrrole nitrogens is 1. The molecule has 0 saturated carbocycles. The number of nitrogens with zero attached hydrogens (tertiary/aromatic N) is 5. The van der Waals surface area contributed by atoms with Gasteiger partial charge in [-0.1, -0.05) is 0 Å². The maximum atomic E-state index is 11.6. The zero-order valence-corrected chi connectivity index (χ0v) is 20.4. The van der Waals surface area contributed by atoms with Gasteiger partial charge in [-0.2, -0.15) is 0 Å². The third-order valence-corrected chi connectivity index (χ3v) is 6.36. The van der Waals surface area contributed by atoms with Gasteiger partial charge in [0.2, 0.25) is 0 Å². The fourth-order valence-electron chi connectivity index (χ4n) is 4.29. The van der Waals surface area contributed by atoms with E-state index in [2.05, 4.69) is 19.9 Å². The van der Waals surface area contributed by atoms with Crippen LogP contribution in [0.1, 0.15) is 18.0 Å². The van der Waals surface area contributed by atoms with Crippen LogP contribution in [0, 0.1) is 6.92 Å². The number of methoxy groups -OCH3 is 1. The molecule has 8 N–H and O–H groups in total. The molecule has 0 unspecified atom stereocenters. The van der Waals surface area contributed by atoms with E-state index in [4.69, 9.17) is 25.1 Å². The lowest BCUT2D eigenvalue weighted by molar-refractivity contribution is -0.0583. The number of aliphatic hydroxyl groups is 5. The van der Waals surface area contributed by atoms with Gasteiger partial charge in [0.25, 0.3) is 5.56 Å². The molecule has 5 heterocycles. The zero-order valence-electron chi connectivity index (χ0n) is 20.4. The van der Waals surface area contributed by atoms with Gasteiger partial charge in [0.1, 0.15) is 48.5 Å². The number of nitrogens with two attached hydrogens (primary N) is 1. The number of ether oxygens (including phenoxy) is 3. The van der Waals surface area contributed by atoms with Crippen LogP contribution in [0.3, 0.4) is 0 Å². The van der Waals surface area contributed by atoms with Crippen LogP contribution in [-0.4, -0.2) is 112 Å². The van der Waals surface area contributed by atoms with E-state index >= 15 is 0 Å². The second-order valence-electron chi connectivity index (χ2n) is 8.73. The molecule has 208 valence electrons. The van der Waals surface area contributed by atoms with Crippen molar-refractivity contribution in [3.8, 4) is 0 Å². The van der Waals surface area contributed by atoms with E-state index in [1.54, 1.807) is 4.57 Å². The van der Waals surface area contributed by atoms with Gasteiger partial charge in [-0.25, -0.2) is 19.7 Å². The van der Waals surface area contributed by atoms with E-state index in [1.807, 2.05) is 0 Å². The number of rotatable bonds is 5. The summed E-state index contributed by atoms with van der Waals surface area (Å²) in [5, 5.41) is 47.5. The lowest BCUT2D eigenvalue weighted by Gasteiger charge is -2.19. The molecule has 0 aromatic carbocycles. The minimum atomic E-state index is -1.36. The number of aryl methyl sites for hydroxylation is 1. The smallest absolute Gasteiger partial charge is 0.330 e. The number of aliphatic hydroxyl groups excluding tert-OH is 5. The number of fused-ring (bicyclic) bond motifs is 1. The normalized spacial score (nSPS) is 30.9. The van der Waals surface area contributed by atoms with E-state index in [0.29, 0.717) is 11.2 Å². The molecule has 0 spiro atoms. The highest BCUT2D eigenvalue weighted by molar-refractivity contribution is 5.81. The highest BCUT2D eigenvalue weighted by Gasteiger charge is 2.45. The summed E-state index contributed by atoms with van der Waals surface area (Å²) in [6.07, 6.45) is -3.64. The third-order valence-electron chi connectivity index (χ3n) is 6.36. The van der Waals surface area contributed by atoms with Crippen molar-refractivity contribution in [1.82, 2.24) is 29.1 Å². The van der Waals surface area contributed by atoms with Crippen LogP contribution in [0.5, 0.6) is 0 Å². The molecule has 3 aromatic heterocycles. The number of hydrogen-bond donors (Lipinski definition) is 7. The first-order valence-corrected chi connectivity index (χ1v) is 11.5. The molecule has 0 aliphatic carbocycles. The Morgan fingerprint density at radius 2 is 1.66 bits per heavy atom. The molecule has 8 atom stereocenters. The predicted molar refractivity (Wildman–Crippen MR) is 127 cm³/mol. The third kappa shape index (κ3) is 4.93. The largest absolute Gasteiger partial charge is 0.394 e. The van der Waals surface area contributed by atoms with Gasteiger partial charge >= 0.3 is 5.69 Å². The van der Waals surface area contributed by atoms with Gasteiger partial charge in [-0.05, 0) is 6.92 Å². The number of hydrogen-bond acceptors (Lipinski definition) is 14. The van der Waals surface area contributed by atoms with E-state index in [0.717, 1.165) is 4.57 Å². The number of imidazole rings is 1. The molecule has 17 heteroatoms. The second kappa shape index (κ2) is 11.2. The molecule has 5 rings (SSSR count). The molecule has 17 nitrogen and oxygen atoms in total. The van der Waals surface area contributed by atoms with Gasteiger partial charge in [0.05, 0.1) is 19.5 Å². The summed E-state index contributed by atoms with van der Waals surface area (Å²) in [6.45, 7) is 0.711. The molecule has 2 aliphatic heterocycles. The Labute approximate surface area is 213 Å². The van der Waals surface area contributed by atoms with Gasteiger partial charge in [0.15, 0.2) is 23.9 Å². The number of nitrogens with one attached hydrogen (secondary N) is 1. The van der Waals surface area contributed by atoms with Crippen LogP contribution in [0.25, 0.3) is 11.2 Å². The van der Waals surface area contributed by atoms with E-state index in [-0.39, 0.29) is 18.0 Å². The summed E-state index contributed by atoms with van der Waals surface area (Å²) in [5.41, 5.74) is 5.66. The van der Waals surface area contributed by atoms with Crippen molar-refractivity contribution in [3.05, 3.63) is 45.3 Å². The summed E-state index contributed by atoms with van der Waals surface area (Å²) in [6, 6.07) is 0. The fraction of sp³-hybridized carbons (Fsp3) is 0.571. The molecule has 2 saturated heterocycles. The van der Waals surface area contributed by atoms with Crippen LogP contribution < -0.4 is 17.0 Å². The van der Waals surface area contributed by atoms with Crippen LogP contribution >= 0.6 is 0 Å². The first kappa shape index (κ1) is 27.7. The van der Waals surface area contributed by atoms with Crippen LogP contribution in [0.2, 0.25) is 0 Å². The lowest BCUT2D eigenvalue weighted by Crippen LogP contribution is -2.38. The van der Waals surface area contributed by atoms with Crippen LogP contribution in [0.4, 0.5) is 5.82 Å². The summed E-state index contributed by atoms with van der Waals surface area (Å²) in [5.74, 6) is 0.264. The number of aromatic amines is 1.